The molecule has 0 unspecified atom stereocenters. The molecule has 1 aromatic rings. The number of rotatable bonds is 5. The van der Waals surface area contributed by atoms with Crippen LogP contribution < -0.4 is 10.6 Å². The van der Waals surface area contributed by atoms with Crippen molar-refractivity contribution in [2.24, 2.45) is 0 Å². The normalized spacial score (nSPS) is 9.40. The Morgan fingerprint density at radius 2 is 2.13 bits per heavy atom. The van der Waals surface area contributed by atoms with Crippen LogP contribution in [-0.4, -0.2) is 12.3 Å². The van der Waals surface area contributed by atoms with E-state index in [1.165, 1.54) is 0 Å². The van der Waals surface area contributed by atoms with Gasteiger partial charge in [-0.2, -0.15) is 0 Å². The van der Waals surface area contributed by atoms with Gasteiger partial charge in [-0.1, -0.05) is 13.0 Å². The summed E-state index contributed by atoms with van der Waals surface area (Å²) in [6.45, 7) is 1.95. The molecule has 0 aliphatic rings. The van der Waals surface area contributed by atoms with Crippen LogP contribution >= 0.6 is 0 Å². The minimum Gasteiger partial charge on any atom is -0.329 e. The summed E-state index contributed by atoms with van der Waals surface area (Å²) in [6.07, 6.45) is 1.93. The van der Waals surface area contributed by atoms with E-state index in [2.05, 4.69) is 10.6 Å². The van der Waals surface area contributed by atoms with Crippen LogP contribution in [0.4, 0.5) is 11.4 Å². The van der Waals surface area contributed by atoms with Crippen LogP contribution in [0.25, 0.3) is 0 Å². The fourth-order valence-electron chi connectivity index (χ4n) is 1.21. The molecule has 2 N–H and O–H groups in total. The van der Waals surface area contributed by atoms with E-state index in [0.29, 0.717) is 24.2 Å². The minimum atomic E-state index is -0.0132. The Morgan fingerprint density at radius 1 is 1.40 bits per heavy atom. The van der Waals surface area contributed by atoms with Crippen molar-refractivity contribution >= 4 is 23.7 Å². The molecule has 1 aromatic carbocycles. The van der Waals surface area contributed by atoms with Crippen LogP contribution in [0.1, 0.15) is 19.8 Å². The van der Waals surface area contributed by atoms with Crippen LogP contribution in [0.5, 0.6) is 0 Å². The van der Waals surface area contributed by atoms with E-state index in [-0.39, 0.29) is 5.91 Å². The molecule has 4 nitrogen and oxygen atoms in total. The number of carbonyl (C=O) groups excluding carboxylic acids is 2. The fraction of sp³-hybridized carbons (Fsp3) is 0.273. The number of anilines is 2. The second kappa shape index (κ2) is 5.80. The lowest BCUT2D eigenvalue weighted by Gasteiger charge is -2.05. The molecule has 0 heterocycles. The van der Waals surface area contributed by atoms with Crippen molar-refractivity contribution in [2.75, 3.05) is 10.6 Å². The van der Waals surface area contributed by atoms with Crippen molar-refractivity contribution in [2.45, 2.75) is 19.8 Å². The maximum absolute atomic E-state index is 11.3. The van der Waals surface area contributed by atoms with Gasteiger partial charge in [0.1, 0.15) is 0 Å². The highest BCUT2D eigenvalue weighted by Crippen LogP contribution is 2.14. The number of carbonyl (C=O) groups is 2. The van der Waals surface area contributed by atoms with Crippen molar-refractivity contribution in [3.63, 3.8) is 0 Å². The second-order valence-corrected chi connectivity index (χ2v) is 3.14. The minimum absolute atomic E-state index is 0.0132. The lowest BCUT2D eigenvalue weighted by atomic mass is 10.2. The van der Waals surface area contributed by atoms with E-state index in [1.54, 1.807) is 24.3 Å². The molecule has 0 saturated heterocycles. The van der Waals surface area contributed by atoms with Crippen LogP contribution in [-0.2, 0) is 9.59 Å². The van der Waals surface area contributed by atoms with E-state index in [0.717, 1.165) is 6.42 Å². The highest BCUT2D eigenvalue weighted by Gasteiger charge is 2.00. The van der Waals surface area contributed by atoms with Crippen molar-refractivity contribution in [1.29, 1.82) is 0 Å². The molecule has 0 radical (unpaired) electrons. The van der Waals surface area contributed by atoms with Crippen molar-refractivity contribution in [3.8, 4) is 0 Å². The third-order valence-electron chi connectivity index (χ3n) is 1.85. The molecule has 2 amide bonds. The van der Waals surface area contributed by atoms with E-state index in [4.69, 9.17) is 0 Å². The maximum atomic E-state index is 11.3. The summed E-state index contributed by atoms with van der Waals surface area (Å²) in [6, 6.07) is 7.02. The van der Waals surface area contributed by atoms with Gasteiger partial charge in [0.05, 0.1) is 0 Å². The highest BCUT2D eigenvalue weighted by atomic mass is 16.1. The monoisotopic (exact) mass is 206 g/mol. The third kappa shape index (κ3) is 3.81. The van der Waals surface area contributed by atoms with Crippen LogP contribution in [0.2, 0.25) is 0 Å². The van der Waals surface area contributed by atoms with Gasteiger partial charge in [-0.25, -0.2) is 0 Å². The largest absolute Gasteiger partial charge is 0.329 e. The molecule has 80 valence electrons. The Morgan fingerprint density at radius 3 is 2.80 bits per heavy atom. The molecule has 0 atom stereocenters. The summed E-state index contributed by atoms with van der Waals surface area (Å²) < 4.78 is 0. The summed E-state index contributed by atoms with van der Waals surface area (Å²) in [5, 5.41) is 5.27. The van der Waals surface area contributed by atoms with Gasteiger partial charge in [0, 0.05) is 17.8 Å². The topological polar surface area (TPSA) is 58.2 Å². The summed E-state index contributed by atoms with van der Waals surface area (Å²) in [5.74, 6) is -0.0132. The molecule has 1 rings (SSSR count). The van der Waals surface area contributed by atoms with Gasteiger partial charge in [-0.3, -0.25) is 9.59 Å². The van der Waals surface area contributed by atoms with E-state index >= 15 is 0 Å². The van der Waals surface area contributed by atoms with Gasteiger partial charge < -0.3 is 10.6 Å². The van der Waals surface area contributed by atoms with Gasteiger partial charge in [0.25, 0.3) is 0 Å². The molecule has 0 aliphatic heterocycles. The first-order valence-corrected chi connectivity index (χ1v) is 4.86. The lowest BCUT2D eigenvalue weighted by Crippen LogP contribution is -2.10. The highest BCUT2D eigenvalue weighted by molar-refractivity contribution is 5.91. The Kier molecular flexibility index (Phi) is 4.34. The molecule has 15 heavy (non-hydrogen) atoms. The molecule has 0 fully saturated rings. The van der Waals surface area contributed by atoms with Crippen molar-refractivity contribution in [3.05, 3.63) is 24.3 Å². The zero-order chi connectivity index (χ0) is 11.1. The molecular formula is C11H14N2O2. The van der Waals surface area contributed by atoms with E-state index in [1.807, 2.05) is 6.92 Å². The van der Waals surface area contributed by atoms with Crippen LogP contribution in [0.3, 0.4) is 0 Å². The molecule has 0 spiro atoms. The molecular weight excluding hydrogens is 192 g/mol. The van der Waals surface area contributed by atoms with Crippen molar-refractivity contribution < 1.29 is 9.59 Å². The lowest BCUT2D eigenvalue weighted by molar-refractivity contribution is -0.116. The first kappa shape index (κ1) is 11.2. The number of amides is 2. The second-order valence-electron chi connectivity index (χ2n) is 3.14. The quantitative estimate of drug-likeness (QED) is 0.724. The predicted octanol–water partition coefficient (Wildman–Crippen LogP) is 1.99. The van der Waals surface area contributed by atoms with E-state index < -0.39 is 0 Å². The predicted molar refractivity (Wildman–Crippen MR) is 59.7 cm³/mol. The van der Waals surface area contributed by atoms with Gasteiger partial charge in [0.2, 0.25) is 12.3 Å². The zero-order valence-electron chi connectivity index (χ0n) is 8.62. The molecule has 0 aliphatic carbocycles. The summed E-state index contributed by atoms with van der Waals surface area (Å²) in [7, 11) is 0. The molecule has 0 aromatic heterocycles. The number of hydrogen-bond acceptors (Lipinski definition) is 2. The summed E-state index contributed by atoms with van der Waals surface area (Å²) in [4.78, 5) is 21.5. The SMILES string of the molecule is CCCC(=O)Nc1cccc(NC=O)c1. The van der Waals surface area contributed by atoms with Gasteiger partial charge in [0.15, 0.2) is 0 Å². The number of nitrogens with one attached hydrogen (secondary N) is 2. The van der Waals surface area contributed by atoms with Crippen LogP contribution in [0, 0.1) is 0 Å². The first-order valence-electron chi connectivity index (χ1n) is 4.86. The Balaban J connectivity index is 2.64. The standard InChI is InChI=1S/C11H14N2O2/c1-2-4-11(15)13-10-6-3-5-9(7-10)12-8-14/h3,5-8H,2,4H2,1H3,(H,12,14)(H,13,15). The fourth-order valence-corrected chi connectivity index (χ4v) is 1.21. The number of benzene rings is 1. The molecule has 4 heteroatoms. The van der Waals surface area contributed by atoms with Crippen molar-refractivity contribution in [1.82, 2.24) is 0 Å². The Labute approximate surface area is 88.7 Å². The number of hydrogen-bond donors (Lipinski definition) is 2. The summed E-state index contributed by atoms with van der Waals surface area (Å²) >= 11 is 0. The van der Waals surface area contributed by atoms with Gasteiger partial charge >= 0.3 is 0 Å². The Hall–Kier alpha value is -1.84. The third-order valence-corrected chi connectivity index (χ3v) is 1.85. The molecule has 0 bridgehead atoms. The van der Waals surface area contributed by atoms with E-state index in [9.17, 15) is 9.59 Å². The zero-order valence-corrected chi connectivity index (χ0v) is 8.62. The van der Waals surface area contributed by atoms with Gasteiger partial charge in [-0.05, 0) is 24.6 Å². The first-order chi connectivity index (χ1) is 7.26. The van der Waals surface area contributed by atoms with Gasteiger partial charge in [-0.15, -0.1) is 0 Å². The maximum Gasteiger partial charge on any atom is 0.224 e. The smallest absolute Gasteiger partial charge is 0.224 e. The summed E-state index contributed by atoms with van der Waals surface area (Å²) in [5.41, 5.74) is 1.36. The molecule has 0 saturated carbocycles. The Bertz CT molecular complexity index is 350. The van der Waals surface area contributed by atoms with Crippen LogP contribution in [0.15, 0.2) is 24.3 Å². The average molecular weight is 206 g/mol. The average Bonchev–Trinajstić information content (AvgIpc) is 2.19.